The van der Waals surface area contributed by atoms with Crippen LogP contribution in [0.25, 0.3) is 6.08 Å². The van der Waals surface area contributed by atoms with E-state index in [-0.39, 0.29) is 30.2 Å². The first-order valence-electron chi connectivity index (χ1n) is 9.50. The highest BCUT2D eigenvalue weighted by atomic mass is 127. The summed E-state index contributed by atoms with van der Waals surface area (Å²) in [6, 6.07) is 10.8. The molecular formula is C22H21IN2O6. The summed E-state index contributed by atoms with van der Waals surface area (Å²) in [4.78, 5) is 41.2. The van der Waals surface area contributed by atoms with Crippen molar-refractivity contribution in [1.82, 2.24) is 4.90 Å². The average Bonchev–Trinajstić information content (AvgIpc) is 2.75. The summed E-state index contributed by atoms with van der Waals surface area (Å²) in [6.45, 7) is 2.25. The third-order valence-corrected chi connectivity index (χ3v) is 5.35. The fraction of sp³-hybridized carbons (Fsp3) is 0.227. The first-order valence-corrected chi connectivity index (χ1v) is 10.6. The maximum absolute atomic E-state index is 13.2. The Morgan fingerprint density at radius 3 is 2.45 bits per heavy atom. The summed E-state index contributed by atoms with van der Waals surface area (Å²) in [5.41, 5.74) is 0.661. The summed E-state index contributed by atoms with van der Waals surface area (Å²) in [6.07, 6.45) is 1.40. The quantitative estimate of drug-likeness (QED) is 0.331. The molecule has 162 valence electrons. The Labute approximate surface area is 193 Å². The number of amides is 4. The number of imide groups is 2. The van der Waals surface area contributed by atoms with Gasteiger partial charge in [0.1, 0.15) is 5.57 Å². The molecule has 1 aliphatic rings. The number of halogens is 1. The van der Waals surface area contributed by atoms with Gasteiger partial charge in [-0.2, -0.15) is 0 Å². The Kier molecular flexibility index (Phi) is 7.29. The zero-order valence-electron chi connectivity index (χ0n) is 17.0. The van der Waals surface area contributed by atoms with Gasteiger partial charge in [0.25, 0.3) is 11.8 Å². The van der Waals surface area contributed by atoms with Gasteiger partial charge in [0.2, 0.25) is 0 Å². The molecule has 0 aromatic heterocycles. The van der Waals surface area contributed by atoms with Crippen molar-refractivity contribution >= 4 is 52.2 Å². The van der Waals surface area contributed by atoms with Gasteiger partial charge in [-0.15, -0.1) is 0 Å². The van der Waals surface area contributed by atoms with Crippen LogP contribution in [-0.2, 0) is 14.3 Å². The summed E-state index contributed by atoms with van der Waals surface area (Å²) < 4.78 is 11.0. The van der Waals surface area contributed by atoms with Gasteiger partial charge in [-0.05, 0) is 65.4 Å². The highest BCUT2D eigenvalue weighted by Crippen LogP contribution is 2.34. The molecule has 1 heterocycles. The standard InChI is InChI=1S/C22H21IN2O6/c1-3-31-18-13-14(12-17(23)19(18)26)11-16-20(27)24(9-10-30-2)22(29)25(21(16)28)15-7-5-4-6-8-15/h4-8,11-13,26H,3,9-10H2,1-2H3/b16-11-. The lowest BCUT2D eigenvalue weighted by atomic mass is 10.0. The maximum Gasteiger partial charge on any atom is 0.338 e. The predicted molar refractivity (Wildman–Crippen MR) is 123 cm³/mol. The molecule has 9 heteroatoms. The number of barbiturate groups is 1. The van der Waals surface area contributed by atoms with Crippen molar-refractivity contribution in [1.29, 1.82) is 0 Å². The van der Waals surface area contributed by atoms with Crippen LogP contribution in [0.3, 0.4) is 0 Å². The molecule has 0 unspecified atom stereocenters. The molecule has 8 nitrogen and oxygen atoms in total. The van der Waals surface area contributed by atoms with Crippen LogP contribution in [0.4, 0.5) is 10.5 Å². The molecule has 1 fully saturated rings. The lowest BCUT2D eigenvalue weighted by molar-refractivity contribution is -0.129. The van der Waals surface area contributed by atoms with Gasteiger partial charge in [0.15, 0.2) is 11.5 Å². The van der Waals surface area contributed by atoms with Crippen LogP contribution in [-0.4, -0.2) is 54.7 Å². The fourth-order valence-electron chi connectivity index (χ4n) is 3.07. The van der Waals surface area contributed by atoms with Crippen molar-refractivity contribution in [3.8, 4) is 11.5 Å². The number of benzene rings is 2. The molecular weight excluding hydrogens is 515 g/mol. The minimum atomic E-state index is -0.731. The molecule has 0 radical (unpaired) electrons. The second-order valence-electron chi connectivity index (χ2n) is 6.55. The fourth-order valence-corrected chi connectivity index (χ4v) is 3.69. The minimum Gasteiger partial charge on any atom is -0.504 e. The normalized spacial score (nSPS) is 15.7. The molecule has 1 aliphatic heterocycles. The van der Waals surface area contributed by atoms with E-state index in [1.165, 1.54) is 19.3 Å². The minimum absolute atomic E-state index is 0.000567. The van der Waals surface area contributed by atoms with Crippen LogP contribution in [0.5, 0.6) is 11.5 Å². The van der Waals surface area contributed by atoms with E-state index in [2.05, 4.69) is 0 Å². The number of para-hydroxylation sites is 1. The van der Waals surface area contributed by atoms with E-state index < -0.39 is 17.8 Å². The molecule has 2 aromatic rings. The topological polar surface area (TPSA) is 96.4 Å². The predicted octanol–water partition coefficient (Wildman–Crippen LogP) is 3.42. The molecule has 0 atom stereocenters. The van der Waals surface area contributed by atoms with E-state index >= 15 is 0 Å². The molecule has 3 rings (SSSR count). The number of urea groups is 1. The number of phenolic OH excluding ortho intramolecular Hbond substituents is 1. The molecule has 0 saturated carbocycles. The van der Waals surface area contributed by atoms with Gasteiger partial charge in [0, 0.05) is 7.11 Å². The number of rotatable bonds is 7. The second kappa shape index (κ2) is 9.92. The second-order valence-corrected chi connectivity index (χ2v) is 7.71. The Morgan fingerprint density at radius 2 is 1.81 bits per heavy atom. The Bertz CT molecular complexity index is 1040. The van der Waals surface area contributed by atoms with E-state index in [1.54, 1.807) is 43.3 Å². The third kappa shape index (κ3) is 4.72. The number of anilines is 1. The molecule has 31 heavy (non-hydrogen) atoms. The number of carbonyl (C=O) groups is 3. The monoisotopic (exact) mass is 536 g/mol. The maximum atomic E-state index is 13.2. The highest BCUT2D eigenvalue weighted by Gasteiger charge is 2.42. The van der Waals surface area contributed by atoms with Crippen LogP contribution in [0.15, 0.2) is 48.0 Å². The van der Waals surface area contributed by atoms with E-state index in [0.717, 1.165) is 9.80 Å². The number of hydrogen-bond donors (Lipinski definition) is 1. The van der Waals surface area contributed by atoms with Crippen LogP contribution in [0, 0.1) is 3.57 Å². The first-order chi connectivity index (χ1) is 14.9. The molecule has 4 amide bonds. The van der Waals surface area contributed by atoms with Crippen molar-refractivity contribution < 1.29 is 29.0 Å². The zero-order chi connectivity index (χ0) is 22.5. The Morgan fingerprint density at radius 1 is 1.10 bits per heavy atom. The lowest BCUT2D eigenvalue weighted by Crippen LogP contribution is -2.57. The molecule has 2 aromatic carbocycles. The lowest BCUT2D eigenvalue weighted by Gasteiger charge is -2.33. The summed E-state index contributed by atoms with van der Waals surface area (Å²) in [5, 5.41) is 10.2. The molecule has 0 bridgehead atoms. The smallest absolute Gasteiger partial charge is 0.338 e. The number of ether oxygens (including phenoxy) is 2. The molecule has 0 aliphatic carbocycles. The number of nitrogens with zero attached hydrogens (tertiary/aromatic N) is 2. The molecule has 0 spiro atoms. The highest BCUT2D eigenvalue weighted by molar-refractivity contribution is 14.1. The van der Waals surface area contributed by atoms with Gasteiger partial charge < -0.3 is 14.6 Å². The van der Waals surface area contributed by atoms with Crippen LogP contribution in [0.2, 0.25) is 0 Å². The van der Waals surface area contributed by atoms with Crippen molar-refractivity contribution in [2.45, 2.75) is 6.92 Å². The van der Waals surface area contributed by atoms with Crippen LogP contribution in [0.1, 0.15) is 12.5 Å². The van der Waals surface area contributed by atoms with Crippen LogP contribution >= 0.6 is 22.6 Å². The zero-order valence-corrected chi connectivity index (χ0v) is 19.2. The van der Waals surface area contributed by atoms with Gasteiger partial charge >= 0.3 is 6.03 Å². The van der Waals surface area contributed by atoms with Gasteiger partial charge in [0.05, 0.1) is 29.0 Å². The number of aromatic hydroxyl groups is 1. The molecule has 1 saturated heterocycles. The van der Waals surface area contributed by atoms with E-state index in [0.29, 0.717) is 21.4 Å². The Balaban J connectivity index is 2.10. The van der Waals surface area contributed by atoms with Gasteiger partial charge in [-0.3, -0.25) is 14.5 Å². The number of hydrogen-bond acceptors (Lipinski definition) is 6. The third-order valence-electron chi connectivity index (χ3n) is 4.53. The van der Waals surface area contributed by atoms with Crippen LogP contribution < -0.4 is 9.64 Å². The van der Waals surface area contributed by atoms with Crippen molar-refractivity contribution in [2.24, 2.45) is 0 Å². The van der Waals surface area contributed by atoms with Crippen molar-refractivity contribution in [2.75, 3.05) is 31.8 Å². The number of phenols is 1. The number of carbonyl (C=O) groups excluding carboxylic acids is 3. The van der Waals surface area contributed by atoms with Crippen molar-refractivity contribution in [3.05, 3.63) is 57.2 Å². The van der Waals surface area contributed by atoms with Crippen molar-refractivity contribution in [3.63, 3.8) is 0 Å². The van der Waals surface area contributed by atoms with E-state index in [9.17, 15) is 19.5 Å². The Hall–Kier alpha value is -2.92. The van der Waals surface area contributed by atoms with Gasteiger partial charge in [-0.25, -0.2) is 9.69 Å². The average molecular weight is 536 g/mol. The first kappa shape index (κ1) is 22.8. The SMILES string of the molecule is CCOc1cc(/C=C2/C(=O)N(CCOC)C(=O)N(c3ccccc3)C2=O)cc(I)c1O. The molecule has 1 N–H and O–H groups in total. The van der Waals surface area contributed by atoms with E-state index in [1.807, 2.05) is 22.6 Å². The summed E-state index contributed by atoms with van der Waals surface area (Å²) >= 11 is 1.94. The summed E-state index contributed by atoms with van der Waals surface area (Å²) in [7, 11) is 1.46. The summed E-state index contributed by atoms with van der Waals surface area (Å²) in [5.74, 6) is -1.21. The van der Waals surface area contributed by atoms with E-state index in [4.69, 9.17) is 9.47 Å². The van der Waals surface area contributed by atoms with Gasteiger partial charge in [-0.1, -0.05) is 18.2 Å². The number of methoxy groups -OCH3 is 1. The largest absolute Gasteiger partial charge is 0.504 e.